The highest BCUT2D eigenvalue weighted by atomic mass is 16.5. The van der Waals surface area contributed by atoms with Gasteiger partial charge in [-0.25, -0.2) is 4.99 Å². The van der Waals surface area contributed by atoms with Crippen LogP contribution in [0.15, 0.2) is 59.6 Å². The Morgan fingerprint density at radius 3 is 2.47 bits per heavy atom. The van der Waals surface area contributed by atoms with Crippen LogP contribution < -0.4 is 14.2 Å². The smallest absolute Gasteiger partial charge is 0.220 e. The molecule has 0 saturated carbocycles. The molecule has 5 nitrogen and oxygen atoms in total. The predicted octanol–water partition coefficient (Wildman–Crippen LogP) is 5.24. The predicted molar refractivity (Wildman–Crippen MR) is 119 cm³/mol. The molecule has 0 aliphatic carbocycles. The zero-order valence-electron chi connectivity index (χ0n) is 17.8. The van der Waals surface area contributed by atoms with Gasteiger partial charge in [0.05, 0.1) is 31.2 Å². The summed E-state index contributed by atoms with van der Waals surface area (Å²) in [5, 5.41) is 1.77. The Kier molecular flexibility index (Phi) is 5.79. The van der Waals surface area contributed by atoms with E-state index in [0.29, 0.717) is 36.5 Å². The van der Waals surface area contributed by atoms with E-state index in [1.807, 2.05) is 54.6 Å². The largest absolute Gasteiger partial charge is 0.496 e. The minimum absolute atomic E-state index is 0.145. The van der Waals surface area contributed by atoms with Crippen molar-refractivity contribution in [1.82, 2.24) is 0 Å². The minimum atomic E-state index is 0.145. The third kappa shape index (κ3) is 3.80. The maximum absolute atomic E-state index is 6.16. The molecule has 1 heterocycles. The molecule has 3 aromatic rings. The number of benzene rings is 3. The third-order valence-electron chi connectivity index (χ3n) is 5.37. The van der Waals surface area contributed by atoms with Crippen LogP contribution in [0.1, 0.15) is 25.0 Å². The Labute approximate surface area is 177 Å². The van der Waals surface area contributed by atoms with Gasteiger partial charge in [-0.2, -0.15) is 0 Å². The fourth-order valence-corrected chi connectivity index (χ4v) is 3.66. The molecule has 0 unspecified atom stereocenters. The number of nitrogens with zero attached hydrogens (tertiary/aromatic N) is 1. The standard InChI is InChI=1S/C25H27NO4/c1-16(2)20-15-30-25(26-20)19-13-22(27-3)23-18(24(19)28-4)11-8-12-21(23)29-14-17-9-6-5-7-10-17/h5-13,16,20H,14-15H2,1-4H3/t20-/m1/s1. The fourth-order valence-electron chi connectivity index (χ4n) is 3.66. The Bertz CT molecular complexity index is 1060. The van der Waals surface area contributed by atoms with Crippen molar-refractivity contribution in [2.45, 2.75) is 26.5 Å². The molecule has 0 aromatic heterocycles. The summed E-state index contributed by atoms with van der Waals surface area (Å²) < 4.78 is 23.6. The van der Waals surface area contributed by atoms with Crippen LogP contribution >= 0.6 is 0 Å². The van der Waals surface area contributed by atoms with Gasteiger partial charge in [0.2, 0.25) is 5.90 Å². The lowest BCUT2D eigenvalue weighted by atomic mass is 10.0. The molecule has 0 spiro atoms. The molecule has 156 valence electrons. The lowest BCUT2D eigenvalue weighted by Crippen LogP contribution is -2.13. The number of hydrogen-bond acceptors (Lipinski definition) is 5. The Morgan fingerprint density at radius 1 is 1.00 bits per heavy atom. The van der Waals surface area contributed by atoms with Gasteiger partial charge in [0.15, 0.2) is 0 Å². The number of fused-ring (bicyclic) bond motifs is 1. The van der Waals surface area contributed by atoms with Crippen LogP contribution in [0.2, 0.25) is 0 Å². The van der Waals surface area contributed by atoms with E-state index >= 15 is 0 Å². The monoisotopic (exact) mass is 405 g/mol. The van der Waals surface area contributed by atoms with Gasteiger partial charge in [-0.3, -0.25) is 0 Å². The van der Waals surface area contributed by atoms with E-state index in [2.05, 4.69) is 13.8 Å². The van der Waals surface area contributed by atoms with Crippen LogP contribution in [-0.4, -0.2) is 32.8 Å². The highest BCUT2D eigenvalue weighted by molar-refractivity contribution is 6.08. The summed E-state index contributed by atoms with van der Waals surface area (Å²) in [7, 11) is 3.32. The van der Waals surface area contributed by atoms with Crippen molar-refractivity contribution in [1.29, 1.82) is 0 Å². The molecule has 1 aliphatic rings. The van der Waals surface area contributed by atoms with Crippen LogP contribution in [-0.2, 0) is 11.3 Å². The Hall–Kier alpha value is -3.21. The second-order valence-electron chi connectivity index (χ2n) is 7.67. The highest BCUT2D eigenvalue weighted by Gasteiger charge is 2.27. The molecule has 1 aliphatic heterocycles. The topological polar surface area (TPSA) is 49.3 Å². The molecule has 5 heteroatoms. The molecule has 0 radical (unpaired) electrons. The summed E-state index contributed by atoms with van der Waals surface area (Å²) in [5.41, 5.74) is 1.90. The third-order valence-corrected chi connectivity index (χ3v) is 5.37. The van der Waals surface area contributed by atoms with Gasteiger partial charge >= 0.3 is 0 Å². The van der Waals surface area contributed by atoms with Crippen LogP contribution in [0.4, 0.5) is 0 Å². The lowest BCUT2D eigenvalue weighted by Gasteiger charge is -2.17. The van der Waals surface area contributed by atoms with Crippen LogP contribution in [0.3, 0.4) is 0 Å². The average Bonchev–Trinajstić information content (AvgIpc) is 3.27. The molecular weight excluding hydrogens is 378 g/mol. The maximum atomic E-state index is 6.16. The van der Waals surface area contributed by atoms with E-state index < -0.39 is 0 Å². The molecular formula is C25H27NO4. The van der Waals surface area contributed by atoms with Crippen molar-refractivity contribution in [3.63, 3.8) is 0 Å². The lowest BCUT2D eigenvalue weighted by molar-refractivity contribution is 0.290. The van der Waals surface area contributed by atoms with E-state index in [-0.39, 0.29) is 6.04 Å². The van der Waals surface area contributed by atoms with E-state index in [1.54, 1.807) is 14.2 Å². The van der Waals surface area contributed by atoms with Crippen molar-refractivity contribution in [3.05, 3.63) is 65.7 Å². The molecule has 3 aromatic carbocycles. The molecule has 0 fully saturated rings. The highest BCUT2D eigenvalue weighted by Crippen LogP contribution is 2.42. The minimum Gasteiger partial charge on any atom is -0.496 e. The molecule has 1 atom stereocenters. The van der Waals surface area contributed by atoms with Crippen LogP contribution in [0.25, 0.3) is 10.8 Å². The van der Waals surface area contributed by atoms with Crippen molar-refractivity contribution in [2.75, 3.05) is 20.8 Å². The molecule has 0 N–H and O–H groups in total. The number of aliphatic imine (C=N–C) groups is 1. The van der Waals surface area contributed by atoms with Crippen molar-refractivity contribution in [2.24, 2.45) is 10.9 Å². The van der Waals surface area contributed by atoms with E-state index in [0.717, 1.165) is 27.6 Å². The summed E-state index contributed by atoms with van der Waals surface area (Å²) in [6.07, 6.45) is 0. The second-order valence-corrected chi connectivity index (χ2v) is 7.67. The molecule has 0 saturated heterocycles. The summed E-state index contributed by atoms with van der Waals surface area (Å²) in [5.74, 6) is 3.16. The molecule has 4 rings (SSSR count). The van der Waals surface area contributed by atoms with Gasteiger partial charge in [-0.15, -0.1) is 0 Å². The zero-order chi connectivity index (χ0) is 21.1. The Morgan fingerprint density at radius 2 is 1.80 bits per heavy atom. The van der Waals surface area contributed by atoms with Gasteiger partial charge < -0.3 is 18.9 Å². The van der Waals surface area contributed by atoms with Gasteiger partial charge in [-0.05, 0) is 23.6 Å². The molecule has 0 bridgehead atoms. The van der Waals surface area contributed by atoms with Crippen molar-refractivity contribution >= 4 is 16.7 Å². The first-order valence-electron chi connectivity index (χ1n) is 10.2. The maximum Gasteiger partial charge on any atom is 0.220 e. The van der Waals surface area contributed by atoms with Crippen LogP contribution in [0, 0.1) is 5.92 Å². The van der Waals surface area contributed by atoms with Crippen molar-refractivity contribution in [3.8, 4) is 17.2 Å². The summed E-state index contributed by atoms with van der Waals surface area (Å²) in [6, 6.07) is 18.1. The van der Waals surface area contributed by atoms with E-state index in [9.17, 15) is 0 Å². The second kappa shape index (κ2) is 8.66. The number of hydrogen-bond donors (Lipinski definition) is 0. The number of ether oxygens (including phenoxy) is 4. The van der Waals surface area contributed by atoms with Gasteiger partial charge in [0, 0.05) is 5.39 Å². The van der Waals surface area contributed by atoms with Gasteiger partial charge in [0.25, 0.3) is 0 Å². The zero-order valence-corrected chi connectivity index (χ0v) is 17.8. The van der Waals surface area contributed by atoms with E-state index in [4.69, 9.17) is 23.9 Å². The fraction of sp³-hybridized carbons (Fsp3) is 0.320. The SMILES string of the molecule is COc1c(C2=N[C@@H](C(C)C)CO2)cc(OC)c2c(OCc3ccccc3)cccc12. The van der Waals surface area contributed by atoms with Gasteiger partial charge in [-0.1, -0.05) is 56.3 Å². The van der Waals surface area contributed by atoms with E-state index in [1.165, 1.54) is 0 Å². The first-order chi connectivity index (χ1) is 14.6. The summed E-state index contributed by atoms with van der Waals surface area (Å²) in [4.78, 5) is 4.77. The molecule has 30 heavy (non-hydrogen) atoms. The number of rotatable bonds is 7. The quantitative estimate of drug-likeness (QED) is 0.540. The van der Waals surface area contributed by atoms with Crippen molar-refractivity contribution < 1.29 is 18.9 Å². The average molecular weight is 405 g/mol. The first kappa shape index (κ1) is 20.1. The Balaban J connectivity index is 1.79. The normalized spacial score (nSPS) is 15.8. The first-order valence-corrected chi connectivity index (χ1v) is 10.2. The van der Waals surface area contributed by atoms with Gasteiger partial charge in [0.1, 0.15) is 30.5 Å². The molecule has 0 amide bonds. The summed E-state index contributed by atoms with van der Waals surface area (Å²) in [6.45, 7) is 5.35. The number of methoxy groups -OCH3 is 2. The summed E-state index contributed by atoms with van der Waals surface area (Å²) >= 11 is 0. The van der Waals surface area contributed by atoms with Crippen LogP contribution in [0.5, 0.6) is 17.2 Å².